The number of hydrogen-bond donors (Lipinski definition) is 2. The van der Waals surface area contributed by atoms with Crippen molar-refractivity contribution in [3.05, 3.63) is 0 Å². The third-order valence-corrected chi connectivity index (χ3v) is 3.83. The highest BCUT2D eigenvalue weighted by Gasteiger charge is 2.32. The van der Waals surface area contributed by atoms with E-state index in [9.17, 15) is 4.79 Å². The maximum atomic E-state index is 11.5. The van der Waals surface area contributed by atoms with E-state index >= 15 is 0 Å². The fourth-order valence-electron chi connectivity index (χ4n) is 2.73. The summed E-state index contributed by atoms with van der Waals surface area (Å²) in [4.78, 5) is 14.0. The minimum absolute atomic E-state index is 0.00646. The largest absolute Gasteiger partial charge is 0.353 e. The molecule has 1 aliphatic rings. The Kier molecular flexibility index (Phi) is 5.17. The molecule has 1 heterocycles. The number of carbonyl (C=O) groups is 1. The lowest BCUT2D eigenvalue weighted by Crippen LogP contribution is -2.57. The first-order chi connectivity index (χ1) is 8.22. The number of nitrogens with two attached hydrogens (primary N) is 1. The summed E-state index contributed by atoms with van der Waals surface area (Å²) < 4.78 is 0. The molecule has 3 atom stereocenters. The Hall–Kier alpha value is -0.610. The molecule has 0 radical (unpaired) electrons. The van der Waals surface area contributed by atoms with Crippen LogP contribution in [0.4, 0.5) is 0 Å². The van der Waals surface area contributed by atoms with E-state index in [-0.39, 0.29) is 11.4 Å². The molecule has 0 aromatic heterocycles. The van der Waals surface area contributed by atoms with E-state index in [1.54, 1.807) is 6.92 Å². The molecule has 0 spiro atoms. The van der Waals surface area contributed by atoms with Gasteiger partial charge in [-0.1, -0.05) is 13.8 Å². The van der Waals surface area contributed by atoms with Crippen LogP contribution in [0.5, 0.6) is 0 Å². The number of carbonyl (C=O) groups excluding carboxylic acids is 1. The number of likely N-dealkylation sites (tertiary alicyclic amines) is 1. The molecule has 4 nitrogen and oxygen atoms in total. The number of hydrogen-bond acceptors (Lipinski definition) is 3. The van der Waals surface area contributed by atoms with Gasteiger partial charge in [0.05, 0.1) is 6.04 Å². The van der Waals surface area contributed by atoms with Crippen molar-refractivity contribution in [2.24, 2.45) is 17.6 Å². The minimum Gasteiger partial charge on any atom is -0.353 e. The molecule has 0 bridgehead atoms. The average Bonchev–Trinajstić information content (AvgIpc) is 2.24. The Bertz CT molecular complexity index is 279. The first-order valence-corrected chi connectivity index (χ1v) is 7.00. The van der Waals surface area contributed by atoms with Crippen LogP contribution in [0.1, 0.15) is 41.0 Å². The molecule has 0 aromatic carbocycles. The van der Waals surface area contributed by atoms with E-state index < -0.39 is 6.04 Å². The van der Waals surface area contributed by atoms with Crippen LogP contribution in [0.2, 0.25) is 0 Å². The van der Waals surface area contributed by atoms with Gasteiger partial charge >= 0.3 is 0 Å². The third kappa shape index (κ3) is 4.25. The van der Waals surface area contributed by atoms with Gasteiger partial charge < -0.3 is 11.1 Å². The lowest BCUT2D eigenvalue weighted by molar-refractivity contribution is -0.122. The van der Waals surface area contributed by atoms with Crippen molar-refractivity contribution in [1.29, 1.82) is 0 Å². The average molecular weight is 255 g/mol. The number of piperidine rings is 1. The van der Waals surface area contributed by atoms with E-state index in [0.717, 1.165) is 24.9 Å². The van der Waals surface area contributed by atoms with Gasteiger partial charge in [-0.3, -0.25) is 9.69 Å². The second-order valence-electron chi connectivity index (χ2n) is 6.67. The maximum Gasteiger partial charge on any atom is 0.236 e. The van der Waals surface area contributed by atoms with E-state index in [1.165, 1.54) is 6.42 Å². The fraction of sp³-hybridized carbons (Fsp3) is 0.929. The van der Waals surface area contributed by atoms with Crippen LogP contribution in [0, 0.1) is 11.8 Å². The van der Waals surface area contributed by atoms with Crippen molar-refractivity contribution in [1.82, 2.24) is 10.2 Å². The number of nitrogens with one attached hydrogen (secondary N) is 1. The summed E-state index contributed by atoms with van der Waals surface area (Å²) in [6.45, 7) is 13.6. The Morgan fingerprint density at radius 2 is 1.89 bits per heavy atom. The lowest BCUT2D eigenvalue weighted by Gasteiger charge is -2.45. The van der Waals surface area contributed by atoms with Crippen molar-refractivity contribution >= 4 is 5.91 Å². The summed E-state index contributed by atoms with van der Waals surface area (Å²) in [5.74, 6) is 1.40. The second-order valence-corrected chi connectivity index (χ2v) is 6.67. The smallest absolute Gasteiger partial charge is 0.236 e. The summed E-state index contributed by atoms with van der Waals surface area (Å²) in [5.41, 5.74) is 5.56. The first kappa shape index (κ1) is 15.4. The summed E-state index contributed by atoms with van der Waals surface area (Å²) in [7, 11) is 0. The molecule has 0 saturated carbocycles. The van der Waals surface area contributed by atoms with Crippen molar-refractivity contribution in [2.45, 2.75) is 52.6 Å². The molecule has 1 fully saturated rings. The highest BCUT2D eigenvalue weighted by atomic mass is 16.2. The molecule has 4 heteroatoms. The highest BCUT2D eigenvalue weighted by molar-refractivity contribution is 5.81. The Labute approximate surface area is 111 Å². The Balaban J connectivity index is 2.54. The van der Waals surface area contributed by atoms with Gasteiger partial charge in [0.15, 0.2) is 0 Å². The molecule has 1 amide bonds. The maximum absolute atomic E-state index is 11.5. The number of nitrogens with zero attached hydrogens (tertiary/aromatic N) is 1. The van der Waals surface area contributed by atoms with Gasteiger partial charge in [0.1, 0.15) is 0 Å². The zero-order valence-electron chi connectivity index (χ0n) is 12.5. The Morgan fingerprint density at radius 1 is 1.39 bits per heavy atom. The molecule has 106 valence electrons. The monoisotopic (exact) mass is 255 g/mol. The summed E-state index contributed by atoms with van der Waals surface area (Å²) >= 11 is 0. The molecular formula is C14H29N3O. The molecular weight excluding hydrogens is 226 g/mol. The van der Waals surface area contributed by atoms with Crippen LogP contribution in [0.25, 0.3) is 0 Å². The number of amides is 1. The van der Waals surface area contributed by atoms with Gasteiger partial charge in [-0.15, -0.1) is 0 Å². The van der Waals surface area contributed by atoms with Gasteiger partial charge in [0.2, 0.25) is 5.91 Å². The molecule has 1 saturated heterocycles. The van der Waals surface area contributed by atoms with E-state index in [2.05, 4.69) is 37.9 Å². The molecule has 3 N–H and O–H groups in total. The highest BCUT2D eigenvalue weighted by Crippen LogP contribution is 2.26. The minimum atomic E-state index is -0.431. The molecule has 18 heavy (non-hydrogen) atoms. The molecule has 3 unspecified atom stereocenters. The molecule has 0 aliphatic carbocycles. The zero-order valence-corrected chi connectivity index (χ0v) is 12.5. The van der Waals surface area contributed by atoms with Gasteiger partial charge in [-0.25, -0.2) is 0 Å². The predicted molar refractivity (Wildman–Crippen MR) is 75.3 cm³/mol. The van der Waals surface area contributed by atoms with E-state index in [1.807, 2.05) is 0 Å². The Morgan fingerprint density at radius 3 is 2.33 bits per heavy atom. The summed E-state index contributed by atoms with van der Waals surface area (Å²) in [6, 6.07) is -0.431. The van der Waals surface area contributed by atoms with Crippen LogP contribution in [-0.4, -0.2) is 42.0 Å². The van der Waals surface area contributed by atoms with Gasteiger partial charge in [-0.2, -0.15) is 0 Å². The van der Waals surface area contributed by atoms with Crippen LogP contribution in [0.15, 0.2) is 0 Å². The van der Waals surface area contributed by atoms with Crippen molar-refractivity contribution in [2.75, 3.05) is 19.6 Å². The summed E-state index contributed by atoms with van der Waals surface area (Å²) in [5, 5.41) is 2.94. The van der Waals surface area contributed by atoms with Crippen molar-refractivity contribution in [3.8, 4) is 0 Å². The van der Waals surface area contributed by atoms with Crippen LogP contribution >= 0.6 is 0 Å². The van der Waals surface area contributed by atoms with Crippen molar-refractivity contribution < 1.29 is 4.79 Å². The van der Waals surface area contributed by atoms with Crippen LogP contribution in [-0.2, 0) is 4.79 Å². The topological polar surface area (TPSA) is 58.4 Å². The number of rotatable bonds is 4. The zero-order chi connectivity index (χ0) is 13.9. The van der Waals surface area contributed by atoms with Gasteiger partial charge in [0.25, 0.3) is 0 Å². The molecule has 0 aromatic rings. The second kappa shape index (κ2) is 6.02. The standard InChI is InChI=1S/C14H29N3O/c1-10-6-11(2)8-17(7-10)14(4,5)9-16-13(18)12(3)15/h10-12H,6-9,15H2,1-5H3,(H,16,18). The lowest BCUT2D eigenvalue weighted by atomic mass is 9.88. The fourth-order valence-corrected chi connectivity index (χ4v) is 2.73. The van der Waals surface area contributed by atoms with Crippen LogP contribution in [0.3, 0.4) is 0 Å². The summed E-state index contributed by atoms with van der Waals surface area (Å²) in [6.07, 6.45) is 1.30. The normalized spacial score (nSPS) is 27.9. The van der Waals surface area contributed by atoms with E-state index in [0.29, 0.717) is 6.54 Å². The van der Waals surface area contributed by atoms with Gasteiger partial charge in [-0.05, 0) is 39.0 Å². The third-order valence-electron chi connectivity index (χ3n) is 3.83. The van der Waals surface area contributed by atoms with Gasteiger partial charge in [0, 0.05) is 25.2 Å². The quantitative estimate of drug-likeness (QED) is 0.794. The first-order valence-electron chi connectivity index (χ1n) is 7.00. The van der Waals surface area contributed by atoms with Crippen LogP contribution < -0.4 is 11.1 Å². The SMILES string of the molecule is CC1CC(C)CN(C(C)(C)CNC(=O)C(C)N)C1. The van der Waals surface area contributed by atoms with E-state index in [4.69, 9.17) is 5.73 Å². The van der Waals surface area contributed by atoms with Crippen molar-refractivity contribution in [3.63, 3.8) is 0 Å². The molecule has 1 aliphatic heterocycles. The molecule has 1 rings (SSSR count). The predicted octanol–water partition coefficient (Wildman–Crippen LogP) is 1.21.